The quantitative estimate of drug-likeness (QED) is 0.845. The number of benzene rings is 1. The second kappa shape index (κ2) is 6.87. The van der Waals surface area contributed by atoms with E-state index in [-0.39, 0.29) is 5.92 Å². The number of likely N-dealkylation sites (tertiary alicyclic amines) is 1. The van der Waals surface area contributed by atoms with Crippen LogP contribution in [0.4, 0.5) is 0 Å². The molecule has 0 saturated carbocycles. The molecule has 0 N–H and O–H groups in total. The van der Waals surface area contributed by atoms with Gasteiger partial charge in [0.1, 0.15) is 0 Å². The molecule has 0 bridgehead atoms. The summed E-state index contributed by atoms with van der Waals surface area (Å²) >= 11 is 0. The van der Waals surface area contributed by atoms with Crippen molar-refractivity contribution in [1.82, 2.24) is 9.80 Å². The molecule has 2 fully saturated rings. The van der Waals surface area contributed by atoms with Crippen molar-refractivity contribution < 1.29 is 14.3 Å². The van der Waals surface area contributed by atoms with Gasteiger partial charge in [0.15, 0.2) is 11.5 Å². The van der Waals surface area contributed by atoms with E-state index in [0.717, 1.165) is 56.9 Å². The summed E-state index contributed by atoms with van der Waals surface area (Å²) in [6.45, 7) is 3.84. The third-order valence-corrected chi connectivity index (χ3v) is 6.12. The molecule has 1 aromatic carbocycles. The zero-order valence-electron chi connectivity index (χ0n) is 15.3. The Morgan fingerprint density at radius 1 is 1.04 bits per heavy atom. The number of carbonyl (C=O) groups is 1. The first-order valence-corrected chi connectivity index (χ1v) is 9.49. The number of amides is 1. The zero-order valence-corrected chi connectivity index (χ0v) is 15.3. The van der Waals surface area contributed by atoms with Crippen LogP contribution in [0.3, 0.4) is 0 Å². The number of rotatable bonds is 3. The summed E-state index contributed by atoms with van der Waals surface area (Å²) in [5.74, 6) is 2.18. The Balaban J connectivity index is 1.53. The van der Waals surface area contributed by atoms with Gasteiger partial charge < -0.3 is 14.4 Å². The molecule has 3 heterocycles. The van der Waals surface area contributed by atoms with Crippen LogP contribution in [0.1, 0.15) is 42.9 Å². The molecule has 1 amide bonds. The standard InChI is InChI=1S/C20H28N2O3/c1-24-18-11-14-7-10-22-13-15(20(23)21-8-3-4-9-21)5-6-17(22)16(14)12-19(18)25-2/h11-12,15,17H,3-10,13H2,1-2H3. The minimum atomic E-state index is 0.177. The normalized spacial score (nSPS) is 26.1. The minimum Gasteiger partial charge on any atom is -0.493 e. The monoisotopic (exact) mass is 344 g/mol. The number of nitrogens with zero attached hydrogens (tertiary/aromatic N) is 2. The van der Waals surface area contributed by atoms with Crippen LogP contribution in [0.5, 0.6) is 11.5 Å². The average molecular weight is 344 g/mol. The van der Waals surface area contributed by atoms with Gasteiger partial charge in [-0.25, -0.2) is 0 Å². The number of methoxy groups -OCH3 is 2. The Hall–Kier alpha value is -1.75. The third-order valence-electron chi connectivity index (χ3n) is 6.12. The van der Waals surface area contributed by atoms with Crippen molar-refractivity contribution >= 4 is 5.91 Å². The van der Waals surface area contributed by atoms with Crippen molar-refractivity contribution in [2.75, 3.05) is 40.4 Å². The van der Waals surface area contributed by atoms with Crippen LogP contribution in [-0.2, 0) is 11.2 Å². The molecule has 5 heteroatoms. The van der Waals surface area contributed by atoms with Gasteiger partial charge in [-0.05, 0) is 55.4 Å². The summed E-state index contributed by atoms with van der Waals surface area (Å²) in [6, 6.07) is 4.69. The fourth-order valence-electron chi connectivity index (χ4n) is 4.77. The maximum atomic E-state index is 12.8. The van der Waals surface area contributed by atoms with Crippen molar-refractivity contribution in [2.45, 2.75) is 38.1 Å². The lowest BCUT2D eigenvalue weighted by Gasteiger charge is -2.44. The van der Waals surface area contributed by atoms with E-state index in [9.17, 15) is 4.79 Å². The Morgan fingerprint density at radius 2 is 1.76 bits per heavy atom. The van der Waals surface area contributed by atoms with Gasteiger partial charge in [0, 0.05) is 32.2 Å². The highest BCUT2D eigenvalue weighted by Crippen LogP contribution is 2.42. The minimum absolute atomic E-state index is 0.177. The first-order chi connectivity index (χ1) is 12.2. The summed E-state index contributed by atoms with van der Waals surface area (Å²) in [7, 11) is 3.38. The molecular formula is C20H28N2O3. The zero-order chi connectivity index (χ0) is 17.4. The first-order valence-electron chi connectivity index (χ1n) is 9.49. The summed E-state index contributed by atoms with van der Waals surface area (Å²) in [5.41, 5.74) is 2.72. The van der Waals surface area contributed by atoms with Gasteiger partial charge in [-0.2, -0.15) is 0 Å². The van der Waals surface area contributed by atoms with E-state index in [4.69, 9.17) is 9.47 Å². The second-order valence-electron chi connectivity index (χ2n) is 7.47. The molecular weight excluding hydrogens is 316 g/mol. The molecule has 3 aliphatic heterocycles. The molecule has 0 aliphatic carbocycles. The molecule has 136 valence electrons. The van der Waals surface area contributed by atoms with Gasteiger partial charge in [0.25, 0.3) is 0 Å². The van der Waals surface area contributed by atoms with Crippen LogP contribution in [0.2, 0.25) is 0 Å². The van der Waals surface area contributed by atoms with E-state index in [1.807, 2.05) is 0 Å². The maximum Gasteiger partial charge on any atom is 0.226 e. The molecule has 4 rings (SSSR count). The van der Waals surface area contributed by atoms with Crippen LogP contribution in [0, 0.1) is 5.92 Å². The van der Waals surface area contributed by atoms with Crippen molar-refractivity contribution in [3.63, 3.8) is 0 Å². The fraction of sp³-hybridized carbons (Fsp3) is 0.650. The number of hydrogen-bond donors (Lipinski definition) is 0. The van der Waals surface area contributed by atoms with Crippen molar-refractivity contribution in [1.29, 1.82) is 0 Å². The first kappa shape index (κ1) is 16.7. The molecule has 0 aromatic heterocycles. The van der Waals surface area contributed by atoms with Crippen molar-refractivity contribution in [3.8, 4) is 11.5 Å². The largest absolute Gasteiger partial charge is 0.493 e. The van der Waals surface area contributed by atoms with Crippen LogP contribution >= 0.6 is 0 Å². The van der Waals surface area contributed by atoms with E-state index < -0.39 is 0 Å². The number of ether oxygens (including phenoxy) is 2. The molecule has 2 saturated heterocycles. The van der Waals surface area contributed by atoms with E-state index in [0.29, 0.717) is 11.9 Å². The molecule has 2 atom stereocenters. The lowest BCUT2D eigenvalue weighted by atomic mass is 9.83. The van der Waals surface area contributed by atoms with Crippen LogP contribution in [0.15, 0.2) is 12.1 Å². The van der Waals surface area contributed by atoms with E-state index in [1.165, 1.54) is 24.0 Å². The number of hydrogen-bond acceptors (Lipinski definition) is 4. The van der Waals surface area contributed by atoms with E-state index in [1.54, 1.807) is 14.2 Å². The van der Waals surface area contributed by atoms with Gasteiger partial charge in [-0.15, -0.1) is 0 Å². The Morgan fingerprint density at radius 3 is 2.48 bits per heavy atom. The molecule has 1 aromatic rings. The number of fused-ring (bicyclic) bond motifs is 3. The van der Waals surface area contributed by atoms with Crippen LogP contribution in [-0.4, -0.2) is 56.1 Å². The van der Waals surface area contributed by atoms with Crippen molar-refractivity contribution in [2.24, 2.45) is 5.92 Å². The predicted octanol–water partition coefficient (Wildman–Crippen LogP) is 2.64. The van der Waals surface area contributed by atoms with Gasteiger partial charge in [0.05, 0.1) is 20.1 Å². The maximum absolute atomic E-state index is 12.8. The summed E-state index contributed by atoms with van der Waals surface area (Å²) in [5, 5.41) is 0. The second-order valence-corrected chi connectivity index (χ2v) is 7.47. The lowest BCUT2D eigenvalue weighted by Crippen LogP contribution is -2.47. The fourth-order valence-corrected chi connectivity index (χ4v) is 4.77. The SMILES string of the molecule is COc1cc2c(cc1OC)C1CCC(C(=O)N3CCCC3)CN1CC2. The highest BCUT2D eigenvalue weighted by molar-refractivity contribution is 5.79. The van der Waals surface area contributed by atoms with E-state index >= 15 is 0 Å². The van der Waals surface area contributed by atoms with Gasteiger partial charge in [0.2, 0.25) is 5.91 Å². The summed E-state index contributed by atoms with van der Waals surface area (Å²) in [4.78, 5) is 17.4. The Bertz CT molecular complexity index is 655. The molecule has 2 unspecified atom stereocenters. The van der Waals surface area contributed by atoms with E-state index in [2.05, 4.69) is 21.9 Å². The Labute approximate surface area is 149 Å². The number of piperidine rings is 1. The Kier molecular flexibility index (Phi) is 4.59. The van der Waals surface area contributed by atoms with Crippen molar-refractivity contribution in [3.05, 3.63) is 23.3 Å². The smallest absolute Gasteiger partial charge is 0.226 e. The molecule has 0 radical (unpaired) electrons. The molecule has 5 nitrogen and oxygen atoms in total. The molecule has 25 heavy (non-hydrogen) atoms. The third kappa shape index (κ3) is 2.99. The highest BCUT2D eigenvalue weighted by atomic mass is 16.5. The molecule has 0 spiro atoms. The van der Waals surface area contributed by atoms with Gasteiger partial charge >= 0.3 is 0 Å². The van der Waals surface area contributed by atoms with Crippen LogP contribution in [0.25, 0.3) is 0 Å². The lowest BCUT2D eigenvalue weighted by molar-refractivity contribution is -0.137. The topological polar surface area (TPSA) is 42.0 Å². The highest BCUT2D eigenvalue weighted by Gasteiger charge is 2.38. The summed E-state index contributed by atoms with van der Waals surface area (Å²) < 4.78 is 11.0. The molecule has 3 aliphatic rings. The average Bonchev–Trinajstić information content (AvgIpc) is 3.20. The van der Waals surface area contributed by atoms with Crippen LogP contribution < -0.4 is 9.47 Å². The number of carbonyl (C=O) groups excluding carboxylic acids is 1. The van der Waals surface area contributed by atoms with Gasteiger partial charge in [-0.3, -0.25) is 9.69 Å². The predicted molar refractivity (Wildman–Crippen MR) is 96.1 cm³/mol. The summed E-state index contributed by atoms with van der Waals surface area (Å²) in [6.07, 6.45) is 5.38. The van der Waals surface area contributed by atoms with Gasteiger partial charge in [-0.1, -0.05) is 0 Å².